The summed E-state index contributed by atoms with van der Waals surface area (Å²) < 4.78 is 19.1. The van der Waals surface area contributed by atoms with Crippen molar-refractivity contribution in [2.75, 3.05) is 30.7 Å². The van der Waals surface area contributed by atoms with Gasteiger partial charge in [-0.05, 0) is 57.2 Å². The molecule has 1 amide bonds. The molecule has 29 heavy (non-hydrogen) atoms. The van der Waals surface area contributed by atoms with E-state index in [2.05, 4.69) is 15.3 Å². The summed E-state index contributed by atoms with van der Waals surface area (Å²) in [5.74, 6) is 0.801. The number of piperidine rings is 1. The lowest BCUT2D eigenvalue weighted by molar-refractivity contribution is 0.0188. The molecule has 0 aliphatic carbocycles. The van der Waals surface area contributed by atoms with E-state index in [4.69, 9.17) is 10.5 Å². The predicted molar refractivity (Wildman–Crippen MR) is 111 cm³/mol. The predicted octanol–water partition coefficient (Wildman–Crippen LogP) is 3.92. The van der Waals surface area contributed by atoms with Gasteiger partial charge < -0.3 is 20.7 Å². The number of aromatic nitrogens is 2. The number of hydrogen-bond donors (Lipinski definition) is 2. The molecule has 0 saturated carbocycles. The van der Waals surface area contributed by atoms with E-state index in [9.17, 15) is 9.18 Å². The molecule has 2 heterocycles. The molecule has 0 radical (unpaired) electrons. The van der Waals surface area contributed by atoms with Crippen molar-refractivity contribution < 1.29 is 13.9 Å². The van der Waals surface area contributed by atoms with Gasteiger partial charge in [0.1, 0.15) is 17.2 Å². The van der Waals surface area contributed by atoms with Crippen LogP contribution in [0.1, 0.15) is 33.6 Å². The van der Waals surface area contributed by atoms with Gasteiger partial charge in [0.05, 0.1) is 0 Å². The molecule has 1 aromatic heterocycles. The SMILES string of the molecule is CC(C)(C)OC(=O)N1CCC(CNc2nc(N)ncc2-c2cccc(F)c2)CC1. The summed E-state index contributed by atoms with van der Waals surface area (Å²) in [7, 11) is 0. The molecule has 8 heteroatoms. The topological polar surface area (TPSA) is 93.4 Å². The highest BCUT2D eigenvalue weighted by Crippen LogP contribution is 2.28. The Labute approximate surface area is 170 Å². The van der Waals surface area contributed by atoms with Crippen LogP contribution >= 0.6 is 0 Å². The van der Waals surface area contributed by atoms with Gasteiger partial charge in [-0.15, -0.1) is 0 Å². The first kappa shape index (κ1) is 20.8. The average molecular weight is 401 g/mol. The number of carbonyl (C=O) groups excluding carboxylic acids is 1. The highest BCUT2D eigenvalue weighted by molar-refractivity contribution is 5.75. The van der Waals surface area contributed by atoms with Crippen LogP contribution in [-0.4, -0.2) is 46.2 Å². The van der Waals surface area contributed by atoms with E-state index >= 15 is 0 Å². The van der Waals surface area contributed by atoms with Crippen LogP contribution in [0.4, 0.5) is 21.0 Å². The number of nitrogens with one attached hydrogen (secondary N) is 1. The molecule has 2 aromatic rings. The van der Waals surface area contributed by atoms with Gasteiger partial charge in [0.2, 0.25) is 5.95 Å². The lowest BCUT2D eigenvalue weighted by atomic mass is 9.97. The zero-order valence-electron chi connectivity index (χ0n) is 17.1. The summed E-state index contributed by atoms with van der Waals surface area (Å²) in [6, 6.07) is 6.30. The van der Waals surface area contributed by atoms with Crippen LogP contribution < -0.4 is 11.1 Å². The number of hydrogen-bond acceptors (Lipinski definition) is 6. The number of halogens is 1. The number of nitrogen functional groups attached to an aromatic ring is 1. The van der Waals surface area contributed by atoms with Gasteiger partial charge >= 0.3 is 6.09 Å². The second-order valence-electron chi connectivity index (χ2n) is 8.29. The summed E-state index contributed by atoms with van der Waals surface area (Å²) in [6.07, 6.45) is 3.07. The standard InChI is InChI=1S/C21H28FN5O2/c1-21(2,3)29-20(28)27-9-7-14(8-10-27)12-24-18-17(13-25-19(23)26-18)15-5-4-6-16(22)11-15/h4-6,11,13-14H,7-10,12H2,1-3H3,(H3,23,24,25,26). The molecule has 1 aliphatic rings. The Kier molecular flexibility index (Phi) is 6.20. The molecule has 0 bridgehead atoms. The van der Waals surface area contributed by atoms with E-state index < -0.39 is 5.60 Å². The Balaban J connectivity index is 1.60. The van der Waals surface area contributed by atoms with Gasteiger partial charge in [-0.1, -0.05) is 12.1 Å². The summed E-state index contributed by atoms with van der Waals surface area (Å²) in [6.45, 7) is 7.59. The lowest BCUT2D eigenvalue weighted by Gasteiger charge is -2.33. The highest BCUT2D eigenvalue weighted by Gasteiger charge is 2.27. The molecule has 1 aliphatic heterocycles. The van der Waals surface area contributed by atoms with E-state index in [0.29, 0.717) is 42.5 Å². The molecular formula is C21H28FN5O2. The molecule has 0 unspecified atom stereocenters. The molecule has 3 rings (SSSR count). The van der Waals surface area contributed by atoms with Crippen LogP contribution in [0.5, 0.6) is 0 Å². The Morgan fingerprint density at radius 1 is 1.34 bits per heavy atom. The van der Waals surface area contributed by atoms with Gasteiger partial charge in [0.25, 0.3) is 0 Å². The van der Waals surface area contributed by atoms with Crippen LogP contribution in [0.25, 0.3) is 11.1 Å². The molecule has 7 nitrogen and oxygen atoms in total. The molecule has 0 atom stereocenters. The molecule has 1 aromatic carbocycles. The van der Waals surface area contributed by atoms with Crippen LogP contribution in [0.3, 0.4) is 0 Å². The van der Waals surface area contributed by atoms with Crippen molar-refractivity contribution in [1.29, 1.82) is 0 Å². The fourth-order valence-corrected chi connectivity index (χ4v) is 3.28. The van der Waals surface area contributed by atoms with Crippen molar-refractivity contribution in [3.05, 3.63) is 36.3 Å². The molecule has 156 valence electrons. The molecule has 1 saturated heterocycles. The van der Waals surface area contributed by atoms with Crippen LogP contribution in [0.2, 0.25) is 0 Å². The quantitative estimate of drug-likeness (QED) is 0.806. The van der Waals surface area contributed by atoms with E-state index in [1.807, 2.05) is 26.8 Å². The number of likely N-dealkylation sites (tertiary alicyclic amines) is 1. The van der Waals surface area contributed by atoms with Gasteiger partial charge in [-0.3, -0.25) is 0 Å². The van der Waals surface area contributed by atoms with E-state index in [1.165, 1.54) is 12.1 Å². The zero-order chi connectivity index (χ0) is 21.0. The molecule has 3 N–H and O–H groups in total. The fourth-order valence-electron chi connectivity index (χ4n) is 3.28. The van der Waals surface area contributed by atoms with Crippen molar-refractivity contribution in [3.63, 3.8) is 0 Å². The third kappa shape index (κ3) is 5.79. The van der Waals surface area contributed by atoms with Gasteiger partial charge in [-0.2, -0.15) is 4.98 Å². The molecule has 1 fully saturated rings. The maximum absolute atomic E-state index is 13.6. The van der Waals surface area contributed by atoms with E-state index in [-0.39, 0.29) is 17.9 Å². The number of anilines is 2. The van der Waals surface area contributed by atoms with Crippen LogP contribution in [0.15, 0.2) is 30.5 Å². The number of benzene rings is 1. The Morgan fingerprint density at radius 3 is 2.72 bits per heavy atom. The first-order valence-electron chi connectivity index (χ1n) is 9.81. The van der Waals surface area contributed by atoms with E-state index in [1.54, 1.807) is 17.2 Å². The number of rotatable bonds is 4. The number of ether oxygens (including phenoxy) is 1. The Hall–Kier alpha value is -2.90. The van der Waals surface area contributed by atoms with Crippen molar-refractivity contribution in [2.24, 2.45) is 5.92 Å². The summed E-state index contributed by atoms with van der Waals surface area (Å²) >= 11 is 0. The first-order valence-corrected chi connectivity index (χ1v) is 9.81. The Morgan fingerprint density at radius 2 is 2.07 bits per heavy atom. The third-order valence-electron chi connectivity index (χ3n) is 4.77. The number of amides is 1. The van der Waals surface area contributed by atoms with Gasteiger partial charge in [0, 0.05) is 31.4 Å². The average Bonchev–Trinajstić information content (AvgIpc) is 2.65. The van der Waals surface area contributed by atoms with Crippen molar-refractivity contribution in [3.8, 4) is 11.1 Å². The minimum atomic E-state index is -0.490. The van der Waals surface area contributed by atoms with Crippen LogP contribution in [-0.2, 0) is 4.74 Å². The van der Waals surface area contributed by atoms with Crippen molar-refractivity contribution in [1.82, 2.24) is 14.9 Å². The maximum atomic E-state index is 13.6. The number of carbonyl (C=O) groups is 1. The normalized spacial score (nSPS) is 15.2. The number of nitrogens with zero attached hydrogens (tertiary/aromatic N) is 3. The lowest BCUT2D eigenvalue weighted by Crippen LogP contribution is -2.42. The summed E-state index contributed by atoms with van der Waals surface area (Å²) in [5.41, 5.74) is 6.65. The third-order valence-corrected chi connectivity index (χ3v) is 4.77. The first-order chi connectivity index (χ1) is 13.7. The van der Waals surface area contributed by atoms with Gasteiger partial charge in [-0.25, -0.2) is 14.2 Å². The smallest absolute Gasteiger partial charge is 0.410 e. The largest absolute Gasteiger partial charge is 0.444 e. The summed E-state index contributed by atoms with van der Waals surface area (Å²) in [5, 5.41) is 3.34. The maximum Gasteiger partial charge on any atom is 0.410 e. The monoisotopic (exact) mass is 401 g/mol. The number of nitrogens with two attached hydrogens (primary N) is 1. The van der Waals surface area contributed by atoms with Crippen LogP contribution in [0, 0.1) is 11.7 Å². The minimum absolute atomic E-state index is 0.160. The molecule has 0 spiro atoms. The Bertz CT molecular complexity index is 860. The van der Waals surface area contributed by atoms with Gasteiger partial charge in [0.15, 0.2) is 0 Å². The summed E-state index contributed by atoms with van der Waals surface area (Å²) in [4.78, 5) is 22.3. The zero-order valence-corrected chi connectivity index (χ0v) is 17.1. The van der Waals surface area contributed by atoms with Crippen molar-refractivity contribution >= 4 is 17.9 Å². The van der Waals surface area contributed by atoms with E-state index in [0.717, 1.165) is 12.8 Å². The van der Waals surface area contributed by atoms with Crippen molar-refractivity contribution in [2.45, 2.75) is 39.2 Å². The minimum Gasteiger partial charge on any atom is -0.444 e. The highest BCUT2D eigenvalue weighted by atomic mass is 19.1. The second-order valence-corrected chi connectivity index (χ2v) is 8.29. The second kappa shape index (κ2) is 8.63. The molecular weight excluding hydrogens is 373 g/mol. The fraction of sp³-hybridized carbons (Fsp3) is 0.476.